The molecule has 6 unspecified atom stereocenters. The highest BCUT2D eigenvalue weighted by Crippen LogP contribution is 2.47. The largest absolute Gasteiger partial charge is 0.472 e. The molecule has 0 aromatic rings. The summed E-state index contributed by atoms with van der Waals surface area (Å²) in [5, 5.41) is 50.1. The van der Waals surface area contributed by atoms with Crippen molar-refractivity contribution in [3.63, 3.8) is 0 Å². The number of hydrogen-bond donors (Lipinski definition) is 6. The summed E-state index contributed by atoms with van der Waals surface area (Å²) < 4.78 is 33.5. The molecule has 342 valence electrons. The fourth-order valence-corrected chi connectivity index (χ4v) is 7.50. The van der Waals surface area contributed by atoms with Gasteiger partial charge in [-0.2, -0.15) is 0 Å². The molecule has 8 atom stereocenters. The van der Waals surface area contributed by atoms with E-state index in [1.807, 2.05) is 0 Å². The normalized spacial score (nSPS) is 22.8. The molecule has 0 spiro atoms. The van der Waals surface area contributed by atoms with Crippen LogP contribution >= 0.6 is 7.82 Å². The lowest BCUT2D eigenvalue weighted by Crippen LogP contribution is -2.64. The van der Waals surface area contributed by atoms with Crippen LogP contribution in [0.5, 0.6) is 0 Å². The molecule has 1 rings (SSSR count). The standard InChI is InChI=1S/C45H79O13P/c1-3-5-7-9-11-13-15-17-19-21-23-25-27-29-31-33-38(46)55-35-37(36-56-59(53,54)58-45-43(51)41(49)40(48)42(50)44(45)52)57-39(47)34-32-30-28-26-24-22-20-18-16-14-12-10-8-6-4-2/h5,7,11,13,17-20,37,40-45,48-52H,3-4,6,8-10,12,14-16,21-36H2,1-2H3,(H,53,54)/b7-5+,13-11+,19-17+,20-18+/t37-,40?,41-,42?,43?,44?,45?/m1/s1. The summed E-state index contributed by atoms with van der Waals surface area (Å²) in [6.07, 6.45) is 27.4. The van der Waals surface area contributed by atoms with Crippen molar-refractivity contribution >= 4 is 19.8 Å². The SMILES string of the molecule is CC/C=C/C/C=C/C/C=C/CCCCCCCC(=O)OC[C@H](COP(=O)(O)OC1C(O)C(O)C(O)[C@@H](O)C1O)OC(=O)CCCCCCC/C=C/CCCCCCCC. The number of esters is 2. The Morgan fingerprint density at radius 2 is 0.966 bits per heavy atom. The maximum absolute atomic E-state index is 12.8. The second-order valence-corrected chi connectivity index (χ2v) is 16.9. The van der Waals surface area contributed by atoms with E-state index in [4.69, 9.17) is 18.5 Å². The number of unbranched alkanes of at least 4 members (excludes halogenated alkanes) is 16. The predicted octanol–water partition coefficient (Wildman–Crippen LogP) is 8.39. The molecule has 6 N–H and O–H groups in total. The molecule has 0 saturated heterocycles. The number of phosphoric ester groups is 1. The molecule has 0 heterocycles. The molecule has 0 radical (unpaired) electrons. The van der Waals surface area contributed by atoms with Gasteiger partial charge in [0, 0.05) is 12.8 Å². The molecule has 1 fully saturated rings. The predicted molar refractivity (Wildman–Crippen MR) is 230 cm³/mol. The summed E-state index contributed by atoms with van der Waals surface area (Å²) in [5.74, 6) is -1.13. The molecule has 1 aliphatic rings. The van der Waals surface area contributed by atoms with Gasteiger partial charge in [-0.25, -0.2) is 4.57 Å². The van der Waals surface area contributed by atoms with Gasteiger partial charge < -0.3 is 39.9 Å². The Morgan fingerprint density at radius 1 is 0.542 bits per heavy atom. The number of hydrogen-bond acceptors (Lipinski definition) is 12. The summed E-state index contributed by atoms with van der Waals surface area (Å²) >= 11 is 0. The van der Waals surface area contributed by atoms with Crippen molar-refractivity contribution in [2.75, 3.05) is 13.2 Å². The van der Waals surface area contributed by atoms with Gasteiger partial charge in [0.1, 0.15) is 43.2 Å². The van der Waals surface area contributed by atoms with Gasteiger partial charge in [0.05, 0.1) is 6.61 Å². The number of carbonyl (C=O) groups excluding carboxylic acids is 2. The van der Waals surface area contributed by atoms with Crippen molar-refractivity contribution < 1.29 is 63.1 Å². The minimum Gasteiger partial charge on any atom is -0.462 e. The van der Waals surface area contributed by atoms with Gasteiger partial charge in [0.2, 0.25) is 0 Å². The van der Waals surface area contributed by atoms with Crippen LogP contribution in [0.3, 0.4) is 0 Å². The molecule has 0 aliphatic heterocycles. The second kappa shape index (κ2) is 35.4. The number of aliphatic hydroxyl groups excluding tert-OH is 5. The van der Waals surface area contributed by atoms with E-state index in [0.29, 0.717) is 12.8 Å². The third kappa shape index (κ3) is 28.1. The molecular formula is C45H79O13P. The average Bonchev–Trinajstić information content (AvgIpc) is 3.21. The summed E-state index contributed by atoms with van der Waals surface area (Å²) in [7, 11) is -5.12. The second-order valence-electron chi connectivity index (χ2n) is 15.5. The van der Waals surface area contributed by atoms with Crippen molar-refractivity contribution in [3.8, 4) is 0 Å². The zero-order valence-electron chi connectivity index (χ0n) is 36.0. The highest BCUT2D eigenvalue weighted by atomic mass is 31.2. The molecule has 0 aromatic heterocycles. The zero-order valence-corrected chi connectivity index (χ0v) is 36.9. The first-order chi connectivity index (χ1) is 28.4. The molecule has 0 bridgehead atoms. The molecule has 13 nitrogen and oxygen atoms in total. The van der Waals surface area contributed by atoms with Crippen molar-refractivity contribution in [1.29, 1.82) is 0 Å². The molecular weight excluding hydrogens is 779 g/mol. The van der Waals surface area contributed by atoms with Gasteiger partial charge in [0.15, 0.2) is 6.10 Å². The highest BCUT2D eigenvalue weighted by Gasteiger charge is 2.51. The fourth-order valence-electron chi connectivity index (χ4n) is 6.53. The van der Waals surface area contributed by atoms with Crippen LogP contribution in [0.25, 0.3) is 0 Å². The van der Waals surface area contributed by atoms with E-state index >= 15 is 0 Å². The van der Waals surface area contributed by atoms with Gasteiger partial charge in [0.25, 0.3) is 0 Å². The van der Waals surface area contributed by atoms with Crippen LogP contribution in [-0.2, 0) is 32.7 Å². The first kappa shape index (κ1) is 54.8. The average molecular weight is 859 g/mol. The third-order valence-corrected chi connectivity index (χ3v) is 11.1. The lowest BCUT2D eigenvalue weighted by molar-refractivity contribution is -0.220. The van der Waals surface area contributed by atoms with Crippen LogP contribution in [0, 0.1) is 0 Å². The van der Waals surface area contributed by atoms with Crippen molar-refractivity contribution in [2.45, 2.75) is 211 Å². The minimum absolute atomic E-state index is 0.0816. The smallest absolute Gasteiger partial charge is 0.462 e. The van der Waals surface area contributed by atoms with Gasteiger partial charge in [-0.3, -0.25) is 18.6 Å². The van der Waals surface area contributed by atoms with Crippen LogP contribution in [0.1, 0.15) is 168 Å². The van der Waals surface area contributed by atoms with Gasteiger partial charge in [-0.05, 0) is 70.6 Å². The Hall–Kier alpha value is -2.19. The van der Waals surface area contributed by atoms with E-state index < -0.39 is 75.7 Å². The number of ether oxygens (including phenoxy) is 2. The number of aliphatic hydroxyl groups is 5. The topological polar surface area (TPSA) is 210 Å². The number of carbonyl (C=O) groups is 2. The van der Waals surface area contributed by atoms with Crippen LogP contribution in [0.2, 0.25) is 0 Å². The van der Waals surface area contributed by atoms with Crippen LogP contribution < -0.4 is 0 Å². The van der Waals surface area contributed by atoms with E-state index in [1.54, 1.807) is 0 Å². The van der Waals surface area contributed by atoms with E-state index in [-0.39, 0.29) is 12.8 Å². The Bertz CT molecular complexity index is 1220. The summed E-state index contributed by atoms with van der Waals surface area (Å²) in [4.78, 5) is 35.6. The first-order valence-electron chi connectivity index (χ1n) is 22.4. The number of rotatable bonds is 36. The van der Waals surface area contributed by atoms with Crippen LogP contribution in [0.4, 0.5) is 0 Å². The van der Waals surface area contributed by atoms with E-state index in [0.717, 1.165) is 89.9 Å². The maximum Gasteiger partial charge on any atom is 0.472 e. The van der Waals surface area contributed by atoms with Crippen molar-refractivity contribution in [1.82, 2.24) is 0 Å². The molecule has 0 aromatic carbocycles. The molecule has 59 heavy (non-hydrogen) atoms. The van der Waals surface area contributed by atoms with E-state index in [9.17, 15) is 44.6 Å². The third-order valence-electron chi connectivity index (χ3n) is 10.2. The molecule has 1 saturated carbocycles. The van der Waals surface area contributed by atoms with Crippen LogP contribution in [-0.4, -0.2) is 98.3 Å². The number of allylic oxidation sites excluding steroid dienone is 8. The fraction of sp³-hybridized carbons (Fsp3) is 0.778. The Balaban J connectivity index is 2.49. The number of phosphoric acid groups is 1. The minimum atomic E-state index is -5.12. The first-order valence-corrected chi connectivity index (χ1v) is 23.9. The Kier molecular flexibility index (Phi) is 32.9. The Morgan fingerprint density at radius 3 is 1.49 bits per heavy atom. The van der Waals surface area contributed by atoms with Crippen LogP contribution in [0.15, 0.2) is 48.6 Å². The van der Waals surface area contributed by atoms with Gasteiger partial charge in [-0.15, -0.1) is 0 Å². The van der Waals surface area contributed by atoms with E-state index in [2.05, 4.69) is 62.5 Å². The van der Waals surface area contributed by atoms with Crippen molar-refractivity contribution in [2.24, 2.45) is 0 Å². The summed E-state index contributed by atoms with van der Waals surface area (Å²) in [6, 6.07) is 0. The quantitative estimate of drug-likeness (QED) is 0.0152. The highest BCUT2D eigenvalue weighted by molar-refractivity contribution is 7.47. The molecule has 14 heteroatoms. The lowest BCUT2D eigenvalue weighted by atomic mass is 9.85. The lowest BCUT2D eigenvalue weighted by Gasteiger charge is -2.41. The summed E-state index contributed by atoms with van der Waals surface area (Å²) in [5.41, 5.74) is 0. The van der Waals surface area contributed by atoms with Gasteiger partial charge >= 0.3 is 19.8 Å². The zero-order chi connectivity index (χ0) is 43.6. The Labute approximate surface area is 354 Å². The maximum atomic E-state index is 12.8. The summed E-state index contributed by atoms with van der Waals surface area (Å²) in [6.45, 7) is 3.15. The van der Waals surface area contributed by atoms with E-state index in [1.165, 1.54) is 38.5 Å². The van der Waals surface area contributed by atoms with Crippen molar-refractivity contribution in [3.05, 3.63) is 48.6 Å². The monoisotopic (exact) mass is 859 g/mol. The van der Waals surface area contributed by atoms with Gasteiger partial charge in [-0.1, -0.05) is 133 Å². The molecule has 0 amide bonds. The molecule has 1 aliphatic carbocycles.